The van der Waals surface area contributed by atoms with Gasteiger partial charge in [-0.25, -0.2) is 14.5 Å². The Hall–Kier alpha value is -3.91. The van der Waals surface area contributed by atoms with E-state index in [4.69, 9.17) is 16.3 Å². The second-order valence-corrected chi connectivity index (χ2v) is 6.69. The molecule has 31 heavy (non-hydrogen) atoms. The Morgan fingerprint density at radius 2 is 1.87 bits per heavy atom. The number of urea groups is 1. The van der Waals surface area contributed by atoms with Crippen LogP contribution in [0, 0.1) is 0 Å². The standard InChI is InChI=1S/C22H17ClN2O6/c1-3-10-31-18-9-4-13(12-17(18)23)11-16-19(26)24-22(29)25(20(16)27)15-7-5-14(6-8-15)21(28)30-2/h3-9,11-12H,1,10H2,2H3,(H,24,26,29)/b16-11+. The van der Waals surface area contributed by atoms with Crippen molar-refractivity contribution >= 4 is 47.2 Å². The first-order chi connectivity index (χ1) is 14.8. The minimum absolute atomic E-state index is 0.180. The molecule has 8 nitrogen and oxygen atoms in total. The molecule has 0 radical (unpaired) electrons. The summed E-state index contributed by atoms with van der Waals surface area (Å²) >= 11 is 6.18. The molecule has 0 unspecified atom stereocenters. The van der Waals surface area contributed by atoms with E-state index in [9.17, 15) is 19.2 Å². The van der Waals surface area contributed by atoms with Gasteiger partial charge in [0.25, 0.3) is 11.8 Å². The summed E-state index contributed by atoms with van der Waals surface area (Å²) < 4.78 is 10.0. The molecule has 2 aromatic carbocycles. The number of rotatable bonds is 6. The van der Waals surface area contributed by atoms with Gasteiger partial charge >= 0.3 is 12.0 Å². The highest BCUT2D eigenvalue weighted by atomic mass is 35.5. The number of nitrogens with zero attached hydrogens (tertiary/aromatic N) is 1. The van der Waals surface area contributed by atoms with Gasteiger partial charge in [-0.05, 0) is 48.0 Å². The number of imide groups is 2. The van der Waals surface area contributed by atoms with Gasteiger partial charge in [0.15, 0.2) is 0 Å². The van der Waals surface area contributed by atoms with Gasteiger partial charge in [0.2, 0.25) is 0 Å². The molecule has 0 atom stereocenters. The molecule has 2 aromatic rings. The second kappa shape index (κ2) is 9.27. The van der Waals surface area contributed by atoms with Crippen molar-refractivity contribution in [2.45, 2.75) is 0 Å². The van der Waals surface area contributed by atoms with Crippen molar-refractivity contribution in [3.05, 3.63) is 76.8 Å². The quantitative estimate of drug-likeness (QED) is 0.320. The minimum atomic E-state index is -0.899. The first-order valence-electron chi connectivity index (χ1n) is 8.98. The van der Waals surface area contributed by atoms with E-state index in [1.807, 2.05) is 0 Å². The molecule has 1 saturated heterocycles. The van der Waals surface area contributed by atoms with E-state index in [2.05, 4.69) is 16.6 Å². The summed E-state index contributed by atoms with van der Waals surface area (Å²) in [6.45, 7) is 3.83. The van der Waals surface area contributed by atoms with Crippen LogP contribution >= 0.6 is 11.6 Å². The third-order valence-electron chi connectivity index (χ3n) is 4.27. The van der Waals surface area contributed by atoms with Crippen LogP contribution < -0.4 is 15.0 Å². The molecule has 0 bridgehead atoms. The van der Waals surface area contributed by atoms with Gasteiger partial charge in [0, 0.05) is 0 Å². The van der Waals surface area contributed by atoms with Gasteiger partial charge in [-0.2, -0.15) is 0 Å². The van der Waals surface area contributed by atoms with Crippen LogP contribution in [0.5, 0.6) is 5.75 Å². The smallest absolute Gasteiger partial charge is 0.337 e. The Morgan fingerprint density at radius 3 is 2.48 bits per heavy atom. The zero-order valence-electron chi connectivity index (χ0n) is 16.4. The summed E-state index contributed by atoms with van der Waals surface area (Å²) in [5, 5.41) is 2.41. The van der Waals surface area contributed by atoms with Crippen molar-refractivity contribution in [2.75, 3.05) is 18.6 Å². The number of esters is 1. The zero-order valence-corrected chi connectivity index (χ0v) is 17.1. The Balaban J connectivity index is 1.91. The van der Waals surface area contributed by atoms with Crippen LogP contribution in [-0.4, -0.2) is 37.5 Å². The maximum atomic E-state index is 12.9. The molecule has 3 rings (SSSR count). The average Bonchev–Trinajstić information content (AvgIpc) is 2.76. The van der Waals surface area contributed by atoms with Crippen molar-refractivity contribution in [3.63, 3.8) is 0 Å². The fraction of sp³-hybridized carbons (Fsp3) is 0.0909. The number of amides is 4. The predicted molar refractivity (Wildman–Crippen MR) is 114 cm³/mol. The normalized spacial score (nSPS) is 15.0. The highest BCUT2D eigenvalue weighted by molar-refractivity contribution is 6.39. The molecular formula is C22H17ClN2O6. The lowest BCUT2D eigenvalue weighted by Crippen LogP contribution is -2.54. The lowest BCUT2D eigenvalue weighted by atomic mass is 10.1. The Bertz CT molecular complexity index is 1110. The van der Waals surface area contributed by atoms with E-state index in [1.54, 1.807) is 18.2 Å². The largest absolute Gasteiger partial charge is 0.488 e. The Labute approximate surface area is 182 Å². The SMILES string of the molecule is C=CCOc1ccc(/C=C2\C(=O)NC(=O)N(c3ccc(C(=O)OC)cc3)C2=O)cc1Cl. The van der Waals surface area contributed by atoms with Crippen LogP contribution in [0.1, 0.15) is 15.9 Å². The van der Waals surface area contributed by atoms with Crippen LogP contribution in [0.15, 0.2) is 60.7 Å². The molecule has 0 aromatic heterocycles. The topological polar surface area (TPSA) is 102 Å². The van der Waals surface area contributed by atoms with E-state index in [0.717, 1.165) is 4.90 Å². The van der Waals surface area contributed by atoms with Crippen LogP contribution in [0.25, 0.3) is 6.08 Å². The third-order valence-corrected chi connectivity index (χ3v) is 4.57. The Kier molecular flexibility index (Phi) is 6.52. The van der Waals surface area contributed by atoms with E-state index in [1.165, 1.54) is 43.5 Å². The average molecular weight is 441 g/mol. The summed E-state index contributed by atoms with van der Waals surface area (Å²) in [6, 6.07) is 9.46. The lowest BCUT2D eigenvalue weighted by Gasteiger charge is -2.26. The number of benzene rings is 2. The molecule has 9 heteroatoms. The molecule has 0 aliphatic carbocycles. The first kappa shape index (κ1) is 21.8. The van der Waals surface area contributed by atoms with Gasteiger partial charge in [0.1, 0.15) is 17.9 Å². The number of barbiturate groups is 1. The van der Waals surface area contributed by atoms with Crippen molar-refractivity contribution in [2.24, 2.45) is 0 Å². The molecular weight excluding hydrogens is 424 g/mol. The van der Waals surface area contributed by atoms with Gasteiger partial charge in [-0.3, -0.25) is 14.9 Å². The highest BCUT2D eigenvalue weighted by Gasteiger charge is 2.36. The summed E-state index contributed by atoms with van der Waals surface area (Å²) in [6.07, 6.45) is 2.89. The van der Waals surface area contributed by atoms with Crippen LogP contribution in [-0.2, 0) is 14.3 Å². The molecule has 1 heterocycles. The highest BCUT2D eigenvalue weighted by Crippen LogP contribution is 2.28. The number of halogens is 1. The number of nitrogens with one attached hydrogen (secondary N) is 1. The lowest BCUT2D eigenvalue weighted by molar-refractivity contribution is -0.122. The van der Waals surface area contributed by atoms with Crippen LogP contribution in [0.4, 0.5) is 10.5 Å². The summed E-state index contributed by atoms with van der Waals surface area (Å²) in [5.41, 5.74) is 0.633. The maximum Gasteiger partial charge on any atom is 0.337 e. The number of anilines is 1. The van der Waals surface area contributed by atoms with E-state index in [-0.39, 0.29) is 28.5 Å². The summed E-state index contributed by atoms with van der Waals surface area (Å²) in [4.78, 5) is 49.9. The molecule has 1 aliphatic heterocycles. The molecule has 0 saturated carbocycles. The number of ether oxygens (including phenoxy) is 2. The van der Waals surface area contributed by atoms with Crippen LogP contribution in [0.3, 0.4) is 0 Å². The minimum Gasteiger partial charge on any atom is -0.488 e. The fourth-order valence-electron chi connectivity index (χ4n) is 2.80. The molecule has 1 N–H and O–H groups in total. The maximum absolute atomic E-state index is 12.9. The van der Waals surface area contributed by atoms with Crippen molar-refractivity contribution in [1.82, 2.24) is 5.32 Å². The Morgan fingerprint density at radius 1 is 1.16 bits per heavy atom. The number of carbonyl (C=O) groups is 4. The third kappa shape index (κ3) is 4.65. The molecule has 1 aliphatic rings. The summed E-state index contributed by atoms with van der Waals surface area (Å²) in [7, 11) is 1.24. The van der Waals surface area contributed by atoms with E-state index < -0.39 is 23.8 Å². The second-order valence-electron chi connectivity index (χ2n) is 6.29. The number of carbonyl (C=O) groups excluding carboxylic acids is 4. The van der Waals surface area contributed by atoms with Gasteiger partial charge in [0.05, 0.1) is 23.4 Å². The number of hydrogen-bond acceptors (Lipinski definition) is 6. The number of hydrogen-bond donors (Lipinski definition) is 1. The van der Waals surface area contributed by atoms with Gasteiger partial charge in [-0.15, -0.1) is 0 Å². The molecule has 4 amide bonds. The first-order valence-corrected chi connectivity index (χ1v) is 9.36. The van der Waals surface area contributed by atoms with Crippen molar-refractivity contribution in [1.29, 1.82) is 0 Å². The van der Waals surface area contributed by atoms with E-state index in [0.29, 0.717) is 11.3 Å². The van der Waals surface area contributed by atoms with E-state index >= 15 is 0 Å². The van der Waals surface area contributed by atoms with Gasteiger partial charge in [-0.1, -0.05) is 30.3 Å². The molecule has 0 spiro atoms. The summed E-state index contributed by atoms with van der Waals surface area (Å²) in [5.74, 6) is -1.79. The van der Waals surface area contributed by atoms with Crippen molar-refractivity contribution in [3.8, 4) is 5.75 Å². The molecule has 1 fully saturated rings. The molecule has 158 valence electrons. The monoisotopic (exact) mass is 440 g/mol. The zero-order chi connectivity index (χ0) is 22.5. The van der Waals surface area contributed by atoms with Crippen LogP contribution in [0.2, 0.25) is 5.02 Å². The van der Waals surface area contributed by atoms with Crippen molar-refractivity contribution < 1.29 is 28.7 Å². The number of methoxy groups -OCH3 is 1. The fourth-order valence-corrected chi connectivity index (χ4v) is 3.04. The predicted octanol–water partition coefficient (Wildman–Crippen LogP) is 3.36. The van der Waals surface area contributed by atoms with Gasteiger partial charge < -0.3 is 9.47 Å².